The molecule has 0 fully saturated rings. The number of aromatic nitrogens is 1. The standard InChI is InChI=1S/C26H34N2O2S/c1-3-4-5-6-7-8-9-10-15-22-16-11-12-20-25(22)31(29,30)28(2)24-19-13-17-23-18-14-21-27-26(23)24/h11-14,16-21H,3-10,15H2,1-2H3. The van der Waals surface area contributed by atoms with Crippen LogP contribution < -0.4 is 4.31 Å². The van der Waals surface area contributed by atoms with Gasteiger partial charge in [-0.25, -0.2) is 8.42 Å². The molecule has 31 heavy (non-hydrogen) atoms. The zero-order chi connectivity index (χ0) is 22.1. The van der Waals surface area contributed by atoms with E-state index < -0.39 is 10.0 Å². The van der Waals surface area contributed by atoms with E-state index in [2.05, 4.69) is 11.9 Å². The predicted octanol–water partition coefficient (Wildman–Crippen LogP) is 6.74. The molecule has 1 heterocycles. The Balaban J connectivity index is 1.71. The molecular formula is C26H34N2O2S. The van der Waals surface area contributed by atoms with E-state index in [0.29, 0.717) is 16.1 Å². The van der Waals surface area contributed by atoms with Crippen LogP contribution in [0.15, 0.2) is 65.7 Å². The maximum Gasteiger partial charge on any atom is 0.264 e. The summed E-state index contributed by atoms with van der Waals surface area (Å²) in [5, 5.41) is 0.925. The van der Waals surface area contributed by atoms with Crippen molar-refractivity contribution in [1.82, 2.24) is 4.98 Å². The van der Waals surface area contributed by atoms with Crippen LogP contribution in [0.2, 0.25) is 0 Å². The fraction of sp³-hybridized carbons (Fsp3) is 0.423. The summed E-state index contributed by atoms with van der Waals surface area (Å²) in [5.74, 6) is 0. The Morgan fingerprint density at radius 3 is 2.26 bits per heavy atom. The van der Waals surface area contributed by atoms with Crippen molar-refractivity contribution in [2.45, 2.75) is 69.6 Å². The fourth-order valence-electron chi connectivity index (χ4n) is 4.03. The molecule has 1 aromatic heterocycles. The number of sulfonamides is 1. The summed E-state index contributed by atoms with van der Waals surface area (Å²) < 4.78 is 28.4. The van der Waals surface area contributed by atoms with Gasteiger partial charge in [-0.05, 0) is 36.6 Å². The molecule has 0 aliphatic carbocycles. The van der Waals surface area contributed by atoms with Crippen molar-refractivity contribution in [1.29, 1.82) is 0 Å². The molecule has 0 saturated heterocycles. The first-order valence-electron chi connectivity index (χ1n) is 11.5. The third-order valence-electron chi connectivity index (χ3n) is 5.86. The Kier molecular flexibility index (Phi) is 8.47. The topological polar surface area (TPSA) is 50.3 Å². The normalized spacial score (nSPS) is 11.7. The third-order valence-corrected chi connectivity index (χ3v) is 7.73. The molecule has 166 valence electrons. The number of aryl methyl sites for hydroxylation is 1. The third kappa shape index (κ3) is 5.85. The molecular weight excluding hydrogens is 404 g/mol. The monoisotopic (exact) mass is 438 g/mol. The highest BCUT2D eigenvalue weighted by Crippen LogP contribution is 2.30. The highest BCUT2D eigenvalue weighted by molar-refractivity contribution is 7.92. The summed E-state index contributed by atoms with van der Waals surface area (Å²) in [7, 11) is -2.06. The minimum Gasteiger partial charge on any atom is -0.267 e. The van der Waals surface area contributed by atoms with E-state index in [-0.39, 0.29) is 0 Å². The number of hydrogen-bond donors (Lipinski definition) is 0. The van der Waals surface area contributed by atoms with E-state index in [1.807, 2.05) is 42.5 Å². The minimum absolute atomic E-state index is 0.397. The lowest BCUT2D eigenvalue weighted by molar-refractivity contribution is 0.572. The van der Waals surface area contributed by atoms with Crippen molar-refractivity contribution in [3.8, 4) is 0 Å². The van der Waals surface area contributed by atoms with Crippen molar-refractivity contribution in [2.75, 3.05) is 11.4 Å². The fourth-order valence-corrected chi connectivity index (χ4v) is 5.48. The number of nitrogens with zero attached hydrogens (tertiary/aromatic N) is 2. The Hall–Kier alpha value is -2.40. The quantitative estimate of drug-likeness (QED) is 0.294. The van der Waals surface area contributed by atoms with Gasteiger partial charge in [-0.15, -0.1) is 0 Å². The number of unbranched alkanes of at least 4 members (excludes halogenated alkanes) is 7. The van der Waals surface area contributed by atoms with Gasteiger partial charge in [0, 0.05) is 18.6 Å². The van der Waals surface area contributed by atoms with Gasteiger partial charge in [-0.2, -0.15) is 0 Å². The highest BCUT2D eigenvalue weighted by Gasteiger charge is 2.25. The molecule has 3 aromatic rings. The zero-order valence-corrected chi connectivity index (χ0v) is 19.6. The van der Waals surface area contributed by atoms with Crippen molar-refractivity contribution < 1.29 is 8.42 Å². The van der Waals surface area contributed by atoms with Crippen molar-refractivity contribution in [3.63, 3.8) is 0 Å². The van der Waals surface area contributed by atoms with Gasteiger partial charge in [0.15, 0.2) is 0 Å². The lowest BCUT2D eigenvalue weighted by Crippen LogP contribution is -2.27. The molecule has 0 unspecified atom stereocenters. The first-order valence-corrected chi connectivity index (χ1v) is 12.9. The SMILES string of the molecule is CCCCCCCCCCc1ccccc1S(=O)(=O)N(C)c1cccc2cccnc12. The molecule has 0 spiro atoms. The average molecular weight is 439 g/mol. The smallest absolute Gasteiger partial charge is 0.264 e. The number of pyridine rings is 1. The average Bonchev–Trinajstić information content (AvgIpc) is 2.80. The molecule has 3 rings (SSSR count). The van der Waals surface area contributed by atoms with E-state index in [9.17, 15) is 8.42 Å². The Morgan fingerprint density at radius 1 is 0.806 bits per heavy atom. The molecule has 0 amide bonds. The Bertz CT molecular complexity index is 1070. The first kappa shape index (κ1) is 23.3. The summed E-state index contributed by atoms with van der Waals surface area (Å²) >= 11 is 0. The van der Waals surface area contributed by atoms with E-state index in [1.54, 1.807) is 25.4 Å². The maximum atomic E-state index is 13.5. The molecule has 0 aliphatic rings. The van der Waals surface area contributed by atoms with E-state index >= 15 is 0 Å². The van der Waals surface area contributed by atoms with Crippen molar-refractivity contribution in [2.24, 2.45) is 0 Å². The molecule has 0 bridgehead atoms. The molecule has 4 nitrogen and oxygen atoms in total. The van der Waals surface area contributed by atoms with Crippen LogP contribution in [0.1, 0.15) is 63.9 Å². The van der Waals surface area contributed by atoms with Crippen LogP contribution in [-0.2, 0) is 16.4 Å². The van der Waals surface area contributed by atoms with Gasteiger partial charge in [0.1, 0.15) is 0 Å². The van der Waals surface area contributed by atoms with Crippen molar-refractivity contribution >= 4 is 26.6 Å². The number of anilines is 1. The molecule has 0 atom stereocenters. The number of hydrogen-bond acceptors (Lipinski definition) is 3. The zero-order valence-electron chi connectivity index (χ0n) is 18.8. The molecule has 0 saturated carbocycles. The van der Waals surface area contributed by atoms with E-state index in [4.69, 9.17) is 0 Å². The van der Waals surface area contributed by atoms with Gasteiger partial charge in [-0.1, -0.05) is 88.3 Å². The number of fused-ring (bicyclic) bond motifs is 1. The maximum absolute atomic E-state index is 13.5. The number of benzene rings is 2. The van der Waals surface area contributed by atoms with Gasteiger partial charge in [0.2, 0.25) is 0 Å². The molecule has 2 aromatic carbocycles. The van der Waals surface area contributed by atoms with E-state index in [0.717, 1.165) is 30.2 Å². The Labute approximate surface area is 187 Å². The molecule has 5 heteroatoms. The second kappa shape index (κ2) is 11.3. The minimum atomic E-state index is -3.68. The summed E-state index contributed by atoms with van der Waals surface area (Å²) in [6.45, 7) is 2.24. The summed E-state index contributed by atoms with van der Waals surface area (Å²) in [6.07, 6.45) is 12.4. The number of para-hydroxylation sites is 1. The van der Waals surface area contributed by atoms with Gasteiger partial charge in [-0.3, -0.25) is 9.29 Å². The summed E-state index contributed by atoms with van der Waals surface area (Å²) in [6, 6.07) is 16.8. The van der Waals surface area contributed by atoms with E-state index in [1.165, 1.54) is 42.8 Å². The van der Waals surface area contributed by atoms with Crippen molar-refractivity contribution in [3.05, 3.63) is 66.4 Å². The Morgan fingerprint density at radius 2 is 1.48 bits per heavy atom. The van der Waals surface area contributed by atoms with Crippen LogP contribution in [-0.4, -0.2) is 20.4 Å². The largest absolute Gasteiger partial charge is 0.267 e. The first-order chi connectivity index (χ1) is 15.1. The lowest BCUT2D eigenvalue weighted by atomic mass is 10.0. The van der Waals surface area contributed by atoms with Crippen LogP contribution in [0.25, 0.3) is 10.9 Å². The van der Waals surface area contributed by atoms with Crippen LogP contribution in [0, 0.1) is 0 Å². The second-order valence-electron chi connectivity index (χ2n) is 8.16. The molecule has 0 radical (unpaired) electrons. The predicted molar refractivity (Wildman–Crippen MR) is 130 cm³/mol. The van der Waals surface area contributed by atoms with Crippen LogP contribution >= 0.6 is 0 Å². The molecule has 0 N–H and O–H groups in total. The van der Waals surface area contributed by atoms with Crippen LogP contribution in [0.3, 0.4) is 0 Å². The van der Waals surface area contributed by atoms with Gasteiger partial charge in [0.25, 0.3) is 10.0 Å². The second-order valence-corrected chi connectivity index (χ2v) is 10.1. The summed E-state index contributed by atoms with van der Waals surface area (Å²) in [4.78, 5) is 4.82. The van der Waals surface area contributed by atoms with Crippen LogP contribution in [0.5, 0.6) is 0 Å². The van der Waals surface area contributed by atoms with Gasteiger partial charge >= 0.3 is 0 Å². The lowest BCUT2D eigenvalue weighted by Gasteiger charge is -2.22. The number of rotatable bonds is 12. The summed E-state index contributed by atoms with van der Waals surface area (Å²) in [5.41, 5.74) is 2.19. The van der Waals surface area contributed by atoms with Gasteiger partial charge < -0.3 is 0 Å². The molecule has 0 aliphatic heterocycles. The highest BCUT2D eigenvalue weighted by atomic mass is 32.2. The van der Waals surface area contributed by atoms with Gasteiger partial charge in [0.05, 0.1) is 16.1 Å². The van der Waals surface area contributed by atoms with Crippen LogP contribution in [0.4, 0.5) is 5.69 Å².